The Morgan fingerprint density at radius 1 is 1.21 bits per heavy atom. The normalized spacial score (nSPS) is 13.2. The van der Waals surface area contributed by atoms with E-state index in [0.29, 0.717) is 37.4 Å². The highest BCUT2D eigenvalue weighted by atomic mass is 16.5. The number of nitrogens with zero attached hydrogens (tertiary/aromatic N) is 2. The second-order valence-corrected chi connectivity index (χ2v) is 8.16. The molecule has 0 bridgehead atoms. The van der Waals surface area contributed by atoms with Crippen molar-refractivity contribution in [2.24, 2.45) is 0 Å². The summed E-state index contributed by atoms with van der Waals surface area (Å²) in [5.74, 6) is 1.28. The minimum Gasteiger partial charge on any atom is -0.497 e. The van der Waals surface area contributed by atoms with E-state index in [9.17, 15) is 14.4 Å². The predicted molar refractivity (Wildman–Crippen MR) is 124 cm³/mol. The second kappa shape index (κ2) is 9.48. The number of aryl methyl sites for hydroxylation is 1. The van der Waals surface area contributed by atoms with Gasteiger partial charge in [-0.1, -0.05) is 6.92 Å². The van der Waals surface area contributed by atoms with Gasteiger partial charge in [-0.25, -0.2) is 9.78 Å². The first-order chi connectivity index (χ1) is 16.0. The van der Waals surface area contributed by atoms with Crippen LogP contribution in [0.3, 0.4) is 0 Å². The summed E-state index contributed by atoms with van der Waals surface area (Å²) in [5.41, 5.74) is 1.05. The molecule has 9 heteroatoms. The van der Waals surface area contributed by atoms with Crippen LogP contribution in [0.2, 0.25) is 0 Å². The quantitative estimate of drug-likeness (QED) is 0.515. The number of amides is 1. The molecule has 1 fully saturated rings. The lowest BCUT2D eigenvalue weighted by Gasteiger charge is -2.14. The predicted octanol–water partition coefficient (Wildman–Crippen LogP) is 2.36. The molecular formula is C24H28N4O5. The third kappa shape index (κ3) is 4.62. The van der Waals surface area contributed by atoms with Crippen molar-refractivity contribution in [1.82, 2.24) is 19.9 Å². The summed E-state index contributed by atoms with van der Waals surface area (Å²) in [6.07, 6.45) is 3.18. The van der Waals surface area contributed by atoms with E-state index in [0.717, 1.165) is 24.1 Å². The number of aromatic amines is 1. The summed E-state index contributed by atoms with van der Waals surface area (Å²) < 4.78 is 12.1. The van der Waals surface area contributed by atoms with Gasteiger partial charge in [0.2, 0.25) is 0 Å². The molecule has 0 unspecified atom stereocenters. The fraction of sp³-hybridized carbons (Fsp3) is 0.417. The number of H-pyrrole nitrogens is 1. The van der Waals surface area contributed by atoms with Crippen LogP contribution in [-0.2, 0) is 13.0 Å². The van der Waals surface area contributed by atoms with Gasteiger partial charge in [-0.15, -0.1) is 0 Å². The minimum absolute atomic E-state index is 0.143. The van der Waals surface area contributed by atoms with E-state index in [4.69, 9.17) is 9.47 Å². The van der Waals surface area contributed by atoms with Crippen molar-refractivity contribution in [2.45, 2.75) is 45.1 Å². The van der Waals surface area contributed by atoms with E-state index in [1.807, 2.05) is 25.1 Å². The van der Waals surface area contributed by atoms with E-state index < -0.39 is 11.2 Å². The highest BCUT2D eigenvalue weighted by Crippen LogP contribution is 2.39. The van der Waals surface area contributed by atoms with Crippen LogP contribution in [0.5, 0.6) is 11.5 Å². The smallest absolute Gasteiger partial charge is 0.329 e. The number of ether oxygens (including phenoxy) is 2. The van der Waals surface area contributed by atoms with E-state index >= 15 is 0 Å². The van der Waals surface area contributed by atoms with Gasteiger partial charge < -0.3 is 14.8 Å². The van der Waals surface area contributed by atoms with Crippen LogP contribution < -0.4 is 26.0 Å². The van der Waals surface area contributed by atoms with Gasteiger partial charge in [0.15, 0.2) is 5.65 Å². The Morgan fingerprint density at radius 2 is 2.00 bits per heavy atom. The maximum Gasteiger partial charge on any atom is 0.329 e. The molecule has 2 aromatic heterocycles. The van der Waals surface area contributed by atoms with Crippen molar-refractivity contribution in [3.05, 3.63) is 61.9 Å². The molecule has 0 spiro atoms. The van der Waals surface area contributed by atoms with Crippen LogP contribution in [0.4, 0.5) is 0 Å². The van der Waals surface area contributed by atoms with E-state index in [-0.39, 0.29) is 28.4 Å². The molecule has 2 heterocycles. The number of hydrogen-bond donors (Lipinski definition) is 2. The number of rotatable bonds is 9. The van der Waals surface area contributed by atoms with E-state index in [1.54, 1.807) is 20.3 Å². The van der Waals surface area contributed by atoms with Crippen LogP contribution in [0.1, 0.15) is 53.7 Å². The molecular weight excluding hydrogens is 424 g/mol. The Kier molecular flexibility index (Phi) is 6.48. The van der Waals surface area contributed by atoms with Crippen LogP contribution in [0.15, 0.2) is 33.9 Å². The topological polar surface area (TPSA) is 115 Å². The fourth-order valence-electron chi connectivity index (χ4n) is 3.98. The van der Waals surface area contributed by atoms with Gasteiger partial charge in [0.25, 0.3) is 11.5 Å². The Bertz CT molecular complexity index is 1310. The zero-order valence-corrected chi connectivity index (χ0v) is 19.1. The summed E-state index contributed by atoms with van der Waals surface area (Å²) in [6.45, 7) is 2.68. The van der Waals surface area contributed by atoms with Crippen molar-refractivity contribution in [3.8, 4) is 11.5 Å². The third-order valence-electron chi connectivity index (χ3n) is 5.82. The SMILES string of the molecule is CCCn1c(=O)[nH]c(=O)c2c(C(=O)NCCc3cc(OC)ccc3OC)cc(C3CC3)nc21. The molecule has 33 heavy (non-hydrogen) atoms. The molecule has 3 aromatic rings. The molecule has 0 atom stereocenters. The molecule has 0 saturated heterocycles. The number of aromatic nitrogens is 3. The zero-order valence-electron chi connectivity index (χ0n) is 19.1. The summed E-state index contributed by atoms with van der Waals surface area (Å²) in [7, 11) is 3.18. The van der Waals surface area contributed by atoms with Crippen molar-refractivity contribution in [3.63, 3.8) is 0 Å². The van der Waals surface area contributed by atoms with Crippen molar-refractivity contribution in [1.29, 1.82) is 0 Å². The second-order valence-electron chi connectivity index (χ2n) is 8.16. The highest BCUT2D eigenvalue weighted by molar-refractivity contribution is 6.05. The number of hydrogen-bond acceptors (Lipinski definition) is 6. The first kappa shape index (κ1) is 22.6. The fourth-order valence-corrected chi connectivity index (χ4v) is 3.98. The first-order valence-corrected chi connectivity index (χ1v) is 11.1. The first-order valence-electron chi connectivity index (χ1n) is 11.1. The molecule has 174 valence electrons. The molecule has 1 aliphatic carbocycles. The lowest BCUT2D eigenvalue weighted by Crippen LogP contribution is -2.34. The lowest BCUT2D eigenvalue weighted by molar-refractivity contribution is 0.0955. The lowest BCUT2D eigenvalue weighted by atomic mass is 10.1. The highest BCUT2D eigenvalue weighted by Gasteiger charge is 2.28. The number of methoxy groups -OCH3 is 2. The standard InChI is InChI=1S/C24H28N4O5/c1-4-11-28-21-20(23(30)27-24(28)31)17(13-18(26-21)14-5-6-14)22(29)25-10-9-15-12-16(32-2)7-8-19(15)33-3/h7-8,12-14H,4-6,9-11H2,1-3H3,(H,25,29)(H,27,30,31). The molecule has 9 nitrogen and oxygen atoms in total. The molecule has 4 rings (SSSR count). The molecule has 1 aromatic carbocycles. The van der Waals surface area contributed by atoms with Crippen LogP contribution in [-0.4, -0.2) is 41.2 Å². The van der Waals surface area contributed by atoms with Gasteiger partial charge in [-0.05, 0) is 55.5 Å². The maximum absolute atomic E-state index is 13.2. The summed E-state index contributed by atoms with van der Waals surface area (Å²) >= 11 is 0. The van der Waals surface area contributed by atoms with Crippen LogP contribution in [0, 0.1) is 0 Å². The molecule has 1 amide bonds. The Morgan fingerprint density at radius 3 is 2.67 bits per heavy atom. The monoisotopic (exact) mass is 452 g/mol. The van der Waals surface area contributed by atoms with Crippen molar-refractivity contribution >= 4 is 16.9 Å². The van der Waals surface area contributed by atoms with Gasteiger partial charge in [-0.2, -0.15) is 0 Å². The van der Waals surface area contributed by atoms with E-state index in [2.05, 4.69) is 15.3 Å². The zero-order chi connectivity index (χ0) is 23.5. The summed E-state index contributed by atoms with van der Waals surface area (Å²) in [6, 6.07) is 7.19. The Labute approximate surface area is 190 Å². The minimum atomic E-state index is -0.600. The average molecular weight is 453 g/mol. The molecule has 1 aliphatic rings. The van der Waals surface area contributed by atoms with Gasteiger partial charge in [0.05, 0.1) is 25.2 Å². The van der Waals surface area contributed by atoms with Gasteiger partial charge in [0, 0.05) is 24.7 Å². The van der Waals surface area contributed by atoms with Crippen molar-refractivity contribution < 1.29 is 14.3 Å². The van der Waals surface area contributed by atoms with Crippen molar-refractivity contribution in [2.75, 3.05) is 20.8 Å². The Balaban J connectivity index is 1.66. The molecule has 2 N–H and O–H groups in total. The van der Waals surface area contributed by atoms with Gasteiger partial charge in [0.1, 0.15) is 11.5 Å². The largest absolute Gasteiger partial charge is 0.497 e. The number of fused-ring (bicyclic) bond motifs is 1. The van der Waals surface area contributed by atoms with Gasteiger partial charge >= 0.3 is 5.69 Å². The third-order valence-corrected chi connectivity index (χ3v) is 5.82. The molecule has 0 radical (unpaired) electrons. The number of pyridine rings is 1. The Hall–Kier alpha value is -3.62. The number of carbonyl (C=O) groups is 1. The van der Waals surface area contributed by atoms with E-state index in [1.165, 1.54) is 4.57 Å². The molecule has 0 aliphatic heterocycles. The van der Waals surface area contributed by atoms with Crippen LogP contribution in [0.25, 0.3) is 11.0 Å². The summed E-state index contributed by atoms with van der Waals surface area (Å²) in [5, 5.41) is 3.05. The maximum atomic E-state index is 13.2. The van der Waals surface area contributed by atoms with Crippen LogP contribution >= 0.6 is 0 Å². The van der Waals surface area contributed by atoms with Gasteiger partial charge in [-0.3, -0.25) is 19.1 Å². The molecule has 1 saturated carbocycles. The average Bonchev–Trinajstić information content (AvgIpc) is 3.66. The number of carbonyl (C=O) groups excluding carboxylic acids is 1. The summed E-state index contributed by atoms with van der Waals surface area (Å²) in [4.78, 5) is 45.3. The number of benzene rings is 1. The number of nitrogens with one attached hydrogen (secondary N) is 2.